The number of aryl methyl sites for hydroxylation is 1. The highest BCUT2D eigenvalue weighted by atomic mass is 35.5. The molecule has 0 unspecified atom stereocenters. The number of halogens is 2. The van der Waals surface area contributed by atoms with Crippen molar-refractivity contribution in [3.8, 4) is 11.8 Å². The lowest BCUT2D eigenvalue weighted by Crippen LogP contribution is -2.21. The van der Waals surface area contributed by atoms with Crippen molar-refractivity contribution in [2.45, 2.75) is 12.8 Å². The van der Waals surface area contributed by atoms with Gasteiger partial charge in [-0.1, -0.05) is 59.6 Å². The highest BCUT2D eigenvalue weighted by molar-refractivity contribution is 6.32. The Bertz CT molecular complexity index is 1440. The Balaban J connectivity index is 1.82. The number of benzene rings is 3. The van der Waals surface area contributed by atoms with Crippen LogP contribution in [0.5, 0.6) is 5.75 Å². The molecular weight excluding hydrogens is 417 g/mol. The van der Waals surface area contributed by atoms with Gasteiger partial charge in [0.05, 0.1) is 11.4 Å². The summed E-state index contributed by atoms with van der Waals surface area (Å²) in [6.07, 6.45) is 0. The molecule has 1 atom stereocenters. The van der Waals surface area contributed by atoms with Gasteiger partial charge in [-0.2, -0.15) is 5.26 Å². The van der Waals surface area contributed by atoms with Gasteiger partial charge in [-0.05, 0) is 36.1 Å². The maximum Gasteiger partial charge on any atom is 0.205 e. The predicted molar refractivity (Wildman–Crippen MR) is 120 cm³/mol. The fourth-order valence-corrected chi connectivity index (χ4v) is 4.42. The molecule has 3 aromatic carbocycles. The summed E-state index contributed by atoms with van der Waals surface area (Å²) in [5, 5.41) is 13.6. The number of hydrogen-bond donors (Lipinski definition) is 1. The second kappa shape index (κ2) is 6.91. The van der Waals surface area contributed by atoms with E-state index in [1.807, 2.05) is 55.5 Å². The van der Waals surface area contributed by atoms with Crippen LogP contribution in [0.25, 0.3) is 21.7 Å². The van der Waals surface area contributed by atoms with Gasteiger partial charge in [0, 0.05) is 26.9 Å². The molecule has 0 saturated heterocycles. The number of hydrogen-bond acceptors (Lipinski definition) is 4. The Morgan fingerprint density at radius 3 is 2.63 bits per heavy atom. The zero-order valence-electron chi connectivity index (χ0n) is 15.9. The first-order chi connectivity index (χ1) is 14.5. The fraction of sp³-hybridized carbons (Fsp3) is 0.0833. The Kier molecular flexibility index (Phi) is 4.32. The summed E-state index contributed by atoms with van der Waals surface area (Å²) in [4.78, 5) is 4.55. The third-order valence-corrected chi connectivity index (χ3v) is 6.20. The molecule has 6 heteroatoms. The molecule has 2 heterocycles. The third kappa shape index (κ3) is 2.79. The van der Waals surface area contributed by atoms with E-state index in [1.165, 1.54) is 0 Å². The van der Waals surface area contributed by atoms with Gasteiger partial charge >= 0.3 is 0 Å². The average Bonchev–Trinajstić information content (AvgIpc) is 2.74. The number of allylic oxidation sites excluding steroid dienone is 1. The first-order valence-corrected chi connectivity index (χ1v) is 10.1. The first kappa shape index (κ1) is 18.7. The molecule has 0 aliphatic carbocycles. The van der Waals surface area contributed by atoms with E-state index in [1.54, 1.807) is 6.07 Å². The number of rotatable bonds is 1. The van der Waals surface area contributed by atoms with Crippen molar-refractivity contribution in [1.82, 2.24) is 4.98 Å². The van der Waals surface area contributed by atoms with Gasteiger partial charge in [0.15, 0.2) is 0 Å². The number of pyridine rings is 1. The van der Waals surface area contributed by atoms with Crippen LogP contribution in [-0.2, 0) is 0 Å². The fourth-order valence-electron chi connectivity index (χ4n) is 4.01. The quantitative estimate of drug-likeness (QED) is 0.363. The summed E-state index contributed by atoms with van der Waals surface area (Å²) >= 11 is 12.9. The molecular formula is C24H15Cl2N3O. The average molecular weight is 432 g/mol. The van der Waals surface area contributed by atoms with Crippen molar-refractivity contribution in [2.24, 2.45) is 5.73 Å². The van der Waals surface area contributed by atoms with Crippen LogP contribution in [0.3, 0.4) is 0 Å². The summed E-state index contributed by atoms with van der Waals surface area (Å²) in [6.45, 7) is 1.94. The number of nitrogens with two attached hydrogens (primary N) is 1. The molecule has 4 nitrogen and oxygen atoms in total. The van der Waals surface area contributed by atoms with Gasteiger partial charge in [0.2, 0.25) is 5.88 Å². The topological polar surface area (TPSA) is 71.9 Å². The zero-order valence-corrected chi connectivity index (χ0v) is 17.4. The van der Waals surface area contributed by atoms with Crippen LogP contribution >= 0.6 is 23.2 Å². The van der Waals surface area contributed by atoms with Crippen molar-refractivity contribution in [1.29, 1.82) is 5.26 Å². The van der Waals surface area contributed by atoms with Gasteiger partial charge in [0.1, 0.15) is 22.5 Å². The lowest BCUT2D eigenvalue weighted by molar-refractivity contribution is 0.398. The van der Waals surface area contributed by atoms with E-state index >= 15 is 0 Å². The Morgan fingerprint density at radius 2 is 1.83 bits per heavy atom. The number of aromatic nitrogens is 1. The van der Waals surface area contributed by atoms with E-state index in [-0.39, 0.29) is 5.88 Å². The molecule has 0 amide bonds. The van der Waals surface area contributed by atoms with Crippen LogP contribution in [0.1, 0.15) is 22.6 Å². The maximum atomic E-state index is 9.87. The zero-order chi connectivity index (χ0) is 21.0. The molecule has 5 rings (SSSR count). The maximum absolute atomic E-state index is 9.87. The first-order valence-electron chi connectivity index (χ1n) is 9.33. The molecule has 1 aromatic heterocycles. The van der Waals surface area contributed by atoms with Crippen molar-refractivity contribution in [3.05, 3.63) is 92.9 Å². The minimum Gasteiger partial charge on any atom is -0.440 e. The SMILES string of the molecule is Cc1cc2cc([C@@H]3C(C#N)=C(N)Oc4c3ccc3ccccc43)c(Cl)nc2cc1Cl. The van der Waals surface area contributed by atoms with Crippen LogP contribution in [0.15, 0.2) is 66.1 Å². The van der Waals surface area contributed by atoms with Crippen molar-refractivity contribution in [3.63, 3.8) is 0 Å². The van der Waals surface area contributed by atoms with Crippen molar-refractivity contribution < 1.29 is 4.74 Å². The van der Waals surface area contributed by atoms with Crippen LogP contribution in [0, 0.1) is 18.3 Å². The Labute approximate surface area is 183 Å². The van der Waals surface area contributed by atoms with Gasteiger partial charge in [0.25, 0.3) is 0 Å². The molecule has 2 N–H and O–H groups in total. The van der Waals surface area contributed by atoms with Gasteiger partial charge in [-0.25, -0.2) is 4.98 Å². The van der Waals surface area contributed by atoms with Crippen LogP contribution in [-0.4, -0.2) is 4.98 Å². The summed E-state index contributed by atoms with van der Waals surface area (Å²) in [6, 6.07) is 19.8. The number of ether oxygens (including phenoxy) is 1. The smallest absolute Gasteiger partial charge is 0.205 e. The van der Waals surface area contributed by atoms with E-state index in [0.717, 1.165) is 27.3 Å². The number of nitrogens with zero attached hydrogens (tertiary/aromatic N) is 2. The predicted octanol–water partition coefficient (Wildman–Crippen LogP) is 6.22. The third-order valence-electron chi connectivity index (χ3n) is 5.49. The monoisotopic (exact) mass is 431 g/mol. The molecule has 146 valence electrons. The van der Waals surface area contributed by atoms with Gasteiger partial charge in [-0.15, -0.1) is 0 Å². The van der Waals surface area contributed by atoms with Gasteiger partial charge < -0.3 is 10.5 Å². The van der Waals surface area contributed by atoms with E-state index in [9.17, 15) is 5.26 Å². The summed E-state index contributed by atoms with van der Waals surface area (Å²) in [5.74, 6) is 0.233. The largest absolute Gasteiger partial charge is 0.440 e. The minimum absolute atomic E-state index is 0.0785. The van der Waals surface area contributed by atoms with E-state index in [0.29, 0.717) is 32.6 Å². The van der Waals surface area contributed by atoms with Gasteiger partial charge in [-0.3, -0.25) is 0 Å². The van der Waals surface area contributed by atoms with E-state index in [2.05, 4.69) is 11.1 Å². The molecule has 0 radical (unpaired) electrons. The standard InChI is InChI=1S/C24H15Cl2N3O/c1-12-8-14-9-17(23(26)29-20(14)10-19(12)25)21-16-7-6-13-4-2-3-5-15(13)22(16)30-24(28)18(21)11-27/h2-10,21H,28H2,1H3/t21-/m1/s1. The lowest BCUT2D eigenvalue weighted by atomic mass is 9.82. The second-order valence-electron chi connectivity index (χ2n) is 7.29. The molecule has 0 spiro atoms. The normalized spacial score (nSPS) is 15.7. The molecule has 4 aromatic rings. The number of fused-ring (bicyclic) bond motifs is 4. The number of nitriles is 1. The Hall–Kier alpha value is -3.26. The molecule has 30 heavy (non-hydrogen) atoms. The lowest BCUT2D eigenvalue weighted by Gasteiger charge is -2.28. The molecule has 0 saturated carbocycles. The van der Waals surface area contributed by atoms with Crippen molar-refractivity contribution in [2.75, 3.05) is 0 Å². The summed E-state index contributed by atoms with van der Waals surface area (Å²) in [7, 11) is 0. The minimum atomic E-state index is -0.483. The summed E-state index contributed by atoms with van der Waals surface area (Å²) in [5.41, 5.74) is 9.65. The van der Waals surface area contributed by atoms with Crippen molar-refractivity contribution >= 4 is 44.9 Å². The second-order valence-corrected chi connectivity index (χ2v) is 8.06. The van der Waals surface area contributed by atoms with E-state index < -0.39 is 5.92 Å². The van der Waals surface area contributed by atoms with Crippen LogP contribution < -0.4 is 10.5 Å². The molecule has 1 aliphatic rings. The molecule has 0 fully saturated rings. The Morgan fingerprint density at radius 1 is 1.03 bits per heavy atom. The molecule has 0 bridgehead atoms. The molecule has 1 aliphatic heterocycles. The highest BCUT2D eigenvalue weighted by Crippen LogP contribution is 2.47. The van der Waals surface area contributed by atoms with Crippen LogP contribution in [0.4, 0.5) is 0 Å². The van der Waals surface area contributed by atoms with E-state index in [4.69, 9.17) is 33.7 Å². The highest BCUT2D eigenvalue weighted by Gasteiger charge is 2.33. The summed E-state index contributed by atoms with van der Waals surface area (Å²) < 4.78 is 5.92. The van der Waals surface area contributed by atoms with Crippen LogP contribution in [0.2, 0.25) is 10.2 Å².